The van der Waals surface area contributed by atoms with E-state index >= 15 is 0 Å². The number of nitrogens with one attached hydrogen (secondary N) is 1. The predicted octanol–water partition coefficient (Wildman–Crippen LogP) is 3.27. The van der Waals surface area contributed by atoms with Crippen molar-refractivity contribution < 1.29 is 9.90 Å². The smallest absolute Gasteiger partial charge is 0.251 e. The van der Waals surface area contributed by atoms with E-state index in [1.807, 2.05) is 24.3 Å². The standard InChI is InChI=1S/C18H27NO2/c1-18(2,3)16-7-5-4-6-15(16)17(21)19-14-10-8-13(12-20)9-11-14/h4-7,13-14,20H,8-12H2,1-3H3,(H,19,21). The summed E-state index contributed by atoms with van der Waals surface area (Å²) in [5.74, 6) is 0.452. The molecule has 0 unspecified atom stereocenters. The van der Waals surface area contributed by atoms with Gasteiger partial charge >= 0.3 is 0 Å². The molecule has 2 N–H and O–H groups in total. The second kappa shape index (κ2) is 6.61. The lowest BCUT2D eigenvalue weighted by atomic mass is 9.83. The topological polar surface area (TPSA) is 49.3 Å². The molecule has 1 fully saturated rings. The van der Waals surface area contributed by atoms with Gasteiger partial charge in [-0.25, -0.2) is 0 Å². The molecule has 0 spiro atoms. The van der Waals surface area contributed by atoms with Crippen molar-refractivity contribution in [3.05, 3.63) is 35.4 Å². The van der Waals surface area contributed by atoms with Crippen LogP contribution in [-0.4, -0.2) is 23.7 Å². The van der Waals surface area contributed by atoms with Gasteiger partial charge < -0.3 is 10.4 Å². The van der Waals surface area contributed by atoms with E-state index in [-0.39, 0.29) is 24.0 Å². The fourth-order valence-corrected chi connectivity index (χ4v) is 3.09. The highest BCUT2D eigenvalue weighted by molar-refractivity contribution is 5.96. The van der Waals surface area contributed by atoms with Gasteiger partial charge in [0.05, 0.1) is 0 Å². The van der Waals surface area contributed by atoms with E-state index in [0.29, 0.717) is 5.92 Å². The van der Waals surface area contributed by atoms with Crippen LogP contribution in [0.5, 0.6) is 0 Å². The zero-order valence-corrected chi connectivity index (χ0v) is 13.4. The molecule has 2 rings (SSSR count). The molecule has 1 aromatic carbocycles. The van der Waals surface area contributed by atoms with Crippen LogP contribution >= 0.6 is 0 Å². The molecular formula is C18H27NO2. The minimum Gasteiger partial charge on any atom is -0.396 e. The predicted molar refractivity (Wildman–Crippen MR) is 85.4 cm³/mol. The maximum atomic E-state index is 12.6. The summed E-state index contributed by atoms with van der Waals surface area (Å²) in [6.07, 6.45) is 3.94. The van der Waals surface area contributed by atoms with Crippen LogP contribution in [0.3, 0.4) is 0 Å². The maximum absolute atomic E-state index is 12.6. The van der Waals surface area contributed by atoms with Crippen molar-refractivity contribution in [2.24, 2.45) is 5.92 Å². The molecular weight excluding hydrogens is 262 g/mol. The van der Waals surface area contributed by atoms with Crippen molar-refractivity contribution in [3.8, 4) is 0 Å². The highest BCUT2D eigenvalue weighted by atomic mass is 16.3. The van der Waals surface area contributed by atoms with Crippen LogP contribution in [0.15, 0.2) is 24.3 Å². The zero-order valence-electron chi connectivity index (χ0n) is 13.4. The number of aliphatic hydroxyl groups excluding tert-OH is 1. The van der Waals surface area contributed by atoms with Crippen LogP contribution in [-0.2, 0) is 5.41 Å². The molecule has 0 aliphatic heterocycles. The molecule has 3 nitrogen and oxygen atoms in total. The first-order chi connectivity index (χ1) is 9.91. The number of amides is 1. The lowest BCUT2D eigenvalue weighted by Crippen LogP contribution is -2.39. The van der Waals surface area contributed by atoms with E-state index in [4.69, 9.17) is 0 Å². The third-order valence-corrected chi connectivity index (χ3v) is 4.42. The Morgan fingerprint density at radius 3 is 2.38 bits per heavy atom. The fourth-order valence-electron chi connectivity index (χ4n) is 3.09. The Hall–Kier alpha value is -1.35. The Bertz CT molecular complexity index is 482. The van der Waals surface area contributed by atoms with Gasteiger partial charge in [0.25, 0.3) is 5.91 Å². The van der Waals surface area contributed by atoms with Crippen molar-refractivity contribution in [1.82, 2.24) is 5.32 Å². The van der Waals surface area contributed by atoms with Crippen LogP contribution in [0.1, 0.15) is 62.4 Å². The lowest BCUT2D eigenvalue weighted by molar-refractivity contribution is 0.0911. The molecule has 0 atom stereocenters. The first kappa shape index (κ1) is 16.0. The van der Waals surface area contributed by atoms with E-state index < -0.39 is 0 Å². The van der Waals surface area contributed by atoms with Crippen LogP contribution in [0.2, 0.25) is 0 Å². The molecule has 0 bridgehead atoms. The highest BCUT2D eigenvalue weighted by Gasteiger charge is 2.25. The largest absolute Gasteiger partial charge is 0.396 e. The van der Waals surface area contributed by atoms with Crippen LogP contribution in [0.4, 0.5) is 0 Å². The quantitative estimate of drug-likeness (QED) is 0.897. The molecule has 1 amide bonds. The second-order valence-electron chi connectivity index (χ2n) is 7.17. The van der Waals surface area contributed by atoms with Gasteiger partial charge in [-0.2, -0.15) is 0 Å². The summed E-state index contributed by atoms with van der Waals surface area (Å²) >= 11 is 0. The Labute approximate surface area is 127 Å². The molecule has 1 aromatic rings. The molecule has 0 heterocycles. The Morgan fingerprint density at radius 2 is 1.81 bits per heavy atom. The fraction of sp³-hybridized carbons (Fsp3) is 0.611. The van der Waals surface area contributed by atoms with Gasteiger partial charge in [-0.1, -0.05) is 39.0 Å². The van der Waals surface area contributed by atoms with Crippen LogP contribution in [0.25, 0.3) is 0 Å². The van der Waals surface area contributed by atoms with Crippen LogP contribution < -0.4 is 5.32 Å². The van der Waals surface area contributed by atoms with E-state index in [0.717, 1.165) is 36.8 Å². The summed E-state index contributed by atoms with van der Waals surface area (Å²) in [6.45, 7) is 6.66. The number of rotatable bonds is 3. The van der Waals surface area contributed by atoms with Gasteiger partial charge in [-0.15, -0.1) is 0 Å². The number of aliphatic hydroxyl groups is 1. The molecule has 21 heavy (non-hydrogen) atoms. The Kier molecular flexibility index (Phi) is 5.04. The minimum absolute atomic E-state index is 0.0352. The van der Waals surface area contributed by atoms with Crippen molar-refractivity contribution in [3.63, 3.8) is 0 Å². The van der Waals surface area contributed by atoms with E-state index in [1.165, 1.54) is 0 Å². The minimum atomic E-state index is -0.0392. The molecule has 0 aromatic heterocycles. The zero-order chi connectivity index (χ0) is 15.5. The van der Waals surface area contributed by atoms with E-state index in [9.17, 15) is 9.90 Å². The summed E-state index contributed by atoms with van der Waals surface area (Å²) in [6, 6.07) is 8.11. The summed E-state index contributed by atoms with van der Waals surface area (Å²) in [5, 5.41) is 12.3. The summed E-state index contributed by atoms with van der Waals surface area (Å²) in [5.41, 5.74) is 1.84. The van der Waals surface area contributed by atoms with Crippen molar-refractivity contribution >= 4 is 5.91 Å². The number of hydrogen-bond donors (Lipinski definition) is 2. The summed E-state index contributed by atoms with van der Waals surface area (Å²) in [7, 11) is 0. The third kappa shape index (κ3) is 4.07. The van der Waals surface area contributed by atoms with Gasteiger partial charge in [0, 0.05) is 18.2 Å². The first-order valence-electron chi connectivity index (χ1n) is 7.93. The molecule has 0 radical (unpaired) electrons. The summed E-state index contributed by atoms with van der Waals surface area (Å²) in [4.78, 5) is 12.6. The number of carbonyl (C=O) groups excluding carboxylic acids is 1. The molecule has 1 aliphatic carbocycles. The lowest BCUT2D eigenvalue weighted by Gasteiger charge is -2.29. The van der Waals surface area contributed by atoms with Crippen molar-refractivity contribution in [1.29, 1.82) is 0 Å². The van der Waals surface area contributed by atoms with Gasteiger partial charge in [-0.3, -0.25) is 4.79 Å². The second-order valence-corrected chi connectivity index (χ2v) is 7.17. The van der Waals surface area contributed by atoms with Crippen molar-refractivity contribution in [2.75, 3.05) is 6.61 Å². The first-order valence-corrected chi connectivity index (χ1v) is 7.93. The molecule has 116 valence electrons. The Morgan fingerprint density at radius 1 is 1.19 bits per heavy atom. The SMILES string of the molecule is CC(C)(C)c1ccccc1C(=O)NC1CCC(CO)CC1. The Balaban J connectivity index is 2.05. The number of benzene rings is 1. The normalized spacial score (nSPS) is 22.9. The average molecular weight is 289 g/mol. The van der Waals surface area contributed by atoms with Crippen molar-refractivity contribution in [2.45, 2.75) is 57.9 Å². The van der Waals surface area contributed by atoms with Gasteiger partial charge in [-0.05, 0) is 48.6 Å². The number of hydrogen-bond acceptors (Lipinski definition) is 2. The van der Waals surface area contributed by atoms with E-state index in [1.54, 1.807) is 0 Å². The maximum Gasteiger partial charge on any atom is 0.251 e. The van der Waals surface area contributed by atoms with E-state index in [2.05, 4.69) is 26.1 Å². The van der Waals surface area contributed by atoms with Gasteiger partial charge in [0.15, 0.2) is 0 Å². The van der Waals surface area contributed by atoms with Gasteiger partial charge in [0.1, 0.15) is 0 Å². The average Bonchev–Trinajstić information content (AvgIpc) is 2.47. The van der Waals surface area contributed by atoms with Crippen LogP contribution in [0, 0.1) is 5.92 Å². The monoisotopic (exact) mass is 289 g/mol. The highest BCUT2D eigenvalue weighted by Crippen LogP contribution is 2.27. The summed E-state index contributed by atoms with van der Waals surface area (Å²) < 4.78 is 0. The molecule has 1 saturated carbocycles. The molecule has 0 saturated heterocycles. The third-order valence-electron chi connectivity index (χ3n) is 4.42. The molecule has 1 aliphatic rings. The number of carbonyl (C=O) groups is 1. The van der Waals surface area contributed by atoms with Gasteiger partial charge in [0.2, 0.25) is 0 Å². The molecule has 3 heteroatoms.